The van der Waals surface area contributed by atoms with Crippen molar-refractivity contribution >= 4 is 23.2 Å². The van der Waals surface area contributed by atoms with Gasteiger partial charge in [0.15, 0.2) is 0 Å². The molecular weight excluding hydrogens is 303 g/mol. The van der Waals surface area contributed by atoms with Gasteiger partial charge in [-0.15, -0.1) is 11.6 Å². The fraction of sp³-hybridized carbons (Fsp3) is 0.133. The quantitative estimate of drug-likeness (QED) is 0.823. The zero-order valence-corrected chi connectivity index (χ0v) is 11.4. The molecule has 2 aromatic rings. The van der Waals surface area contributed by atoms with Gasteiger partial charge in [-0.3, -0.25) is 4.79 Å². The van der Waals surface area contributed by atoms with Crippen LogP contribution >= 0.6 is 11.6 Å². The second-order valence-electron chi connectivity index (χ2n) is 4.34. The smallest absolute Gasteiger partial charge is 0.324 e. The summed E-state index contributed by atoms with van der Waals surface area (Å²) in [7, 11) is 0. The highest BCUT2D eigenvalue weighted by Gasteiger charge is 2.30. The van der Waals surface area contributed by atoms with Crippen LogP contribution in [0, 0.1) is 0 Å². The van der Waals surface area contributed by atoms with E-state index in [1.54, 1.807) is 30.3 Å². The molecule has 2 rings (SSSR count). The summed E-state index contributed by atoms with van der Waals surface area (Å²) < 4.78 is 37.8. The van der Waals surface area contributed by atoms with Gasteiger partial charge in [-0.05, 0) is 23.8 Å². The fourth-order valence-electron chi connectivity index (χ4n) is 1.75. The van der Waals surface area contributed by atoms with E-state index < -0.39 is 23.0 Å². The fourth-order valence-corrected chi connectivity index (χ4v) is 1.95. The van der Waals surface area contributed by atoms with E-state index in [2.05, 4.69) is 5.32 Å². The van der Waals surface area contributed by atoms with Gasteiger partial charge >= 0.3 is 6.18 Å². The number of hydrogen-bond acceptors (Lipinski definition) is 1. The third-order valence-electron chi connectivity index (χ3n) is 2.78. The highest BCUT2D eigenvalue weighted by Crippen LogP contribution is 2.31. The lowest BCUT2D eigenvalue weighted by Gasteiger charge is -2.12. The number of rotatable bonds is 3. The SMILES string of the molecule is O=C(Nc1cccc(C(F)(F)F)c1)[C@H](Cl)c1ccccc1. The number of halogens is 4. The zero-order chi connectivity index (χ0) is 15.5. The van der Waals surface area contributed by atoms with Gasteiger partial charge in [0.25, 0.3) is 0 Å². The molecule has 2 nitrogen and oxygen atoms in total. The normalized spacial score (nSPS) is 12.8. The van der Waals surface area contributed by atoms with Crippen molar-refractivity contribution in [1.82, 2.24) is 0 Å². The van der Waals surface area contributed by atoms with Crippen molar-refractivity contribution in [2.45, 2.75) is 11.6 Å². The van der Waals surface area contributed by atoms with Gasteiger partial charge in [0.2, 0.25) is 5.91 Å². The van der Waals surface area contributed by atoms with Gasteiger partial charge in [0, 0.05) is 5.69 Å². The highest BCUT2D eigenvalue weighted by atomic mass is 35.5. The molecule has 0 saturated carbocycles. The van der Waals surface area contributed by atoms with Crippen molar-refractivity contribution in [3.8, 4) is 0 Å². The molecule has 0 heterocycles. The Kier molecular flexibility index (Phi) is 4.53. The molecule has 0 radical (unpaired) electrons. The summed E-state index contributed by atoms with van der Waals surface area (Å²) in [5.74, 6) is -0.581. The Bertz CT molecular complexity index is 628. The van der Waals surface area contributed by atoms with Crippen molar-refractivity contribution in [3.63, 3.8) is 0 Å². The van der Waals surface area contributed by atoms with Crippen LogP contribution in [0.5, 0.6) is 0 Å². The number of amides is 1. The standard InChI is InChI=1S/C15H11ClF3NO/c16-13(10-5-2-1-3-6-10)14(21)20-12-8-4-7-11(9-12)15(17,18)19/h1-9,13H,(H,20,21)/t13-/m1/s1. The van der Waals surface area contributed by atoms with Crippen molar-refractivity contribution in [2.75, 3.05) is 5.32 Å². The van der Waals surface area contributed by atoms with E-state index in [1.807, 2.05) is 0 Å². The molecular formula is C15H11ClF3NO. The summed E-state index contributed by atoms with van der Waals surface area (Å²) in [6.07, 6.45) is -4.46. The van der Waals surface area contributed by atoms with Crippen LogP contribution in [0.25, 0.3) is 0 Å². The first kappa shape index (κ1) is 15.4. The minimum absolute atomic E-state index is 0.0522. The van der Waals surface area contributed by atoms with Crippen LogP contribution in [0.15, 0.2) is 54.6 Å². The van der Waals surface area contributed by atoms with Gasteiger partial charge in [0.1, 0.15) is 5.38 Å². The zero-order valence-electron chi connectivity index (χ0n) is 10.7. The molecule has 0 aliphatic heterocycles. The average molecular weight is 314 g/mol. The molecule has 0 aliphatic rings. The Hall–Kier alpha value is -2.01. The monoisotopic (exact) mass is 313 g/mol. The minimum Gasteiger partial charge on any atom is -0.324 e. The van der Waals surface area contributed by atoms with Crippen molar-refractivity contribution < 1.29 is 18.0 Å². The van der Waals surface area contributed by atoms with Gasteiger partial charge in [-0.1, -0.05) is 36.4 Å². The molecule has 0 aromatic heterocycles. The maximum atomic E-state index is 12.6. The van der Waals surface area contributed by atoms with E-state index in [0.29, 0.717) is 5.56 Å². The number of benzene rings is 2. The topological polar surface area (TPSA) is 29.1 Å². The predicted molar refractivity (Wildman–Crippen MR) is 75.1 cm³/mol. The molecule has 0 unspecified atom stereocenters. The van der Waals surface area contributed by atoms with Crippen LogP contribution in [0.4, 0.5) is 18.9 Å². The van der Waals surface area contributed by atoms with Crippen molar-refractivity contribution in [3.05, 3.63) is 65.7 Å². The molecule has 0 spiro atoms. The third-order valence-corrected chi connectivity index (χ3v) is 3.23. The van der Waals surface area contributed by atoms with E-state index in [1.165, 1.54) is 12.1 Å². The summed E-state index contributed by atoms with van der Waals surface area (Å²) in [6, 6.07) is 13.0. The van der Waals surface area contributed by atoms with E-state index in [4.69, 9.17) is 11.6 Å². The second kappa shape index (κ2) is 6.18. The first-order valence-corrected chi connectivity index (χ1v) is 6.49. The Labute approximate surface area is 124 Å². The van der Waals surface area contributed by atoms with Crippen LogP contribution in [0.1, 0.15) is 16.5 Å². The maximum absolute atomic E-state index is 12.6. The van der Waals surface area contributed by atoms with Crippen LogP contribution in [0.2, 0.25) is 0 Å². The summed E-state index contributed by atoms with van der Waals surface area (Å²) in [6.45, 7) is 0. The lowest BCUT2D eigenvalue weighted by molar-refractivity contribution is -0.137. The van der Waals surface area contributed by atoms with Crippen LogP contribution < -0.4 is 5.32 Å². The molecule has 0 saturated heterocycles. The Morgan fingerprint density at radius 2 is 1.71 bits per heavy atom. The molecule has 0 fully saturated rings. The van der Waals surface area contributed by atoms with Crippen LogP contribution in [-0.4, -0.2) is 5.91 Å². The first-order valence-electron chi connectivity index (χ1n) is 6.05. The molecule has 6 heteroatoms. The minimum atomic E-state index is -4.46. The molecule has 1 atom stereocenters. The third kappa shape index (κ3) is 3.98. The lowest BCUT2D eigenvalue weighted by Crippen LogP contribution is -2.17. The lowest BCUT2D eigenvalue weighted by atomic mass is 10.1. The highest BCUT2D eigenvalue weighted by molar-refractivity contribution is 6.32. The Balaban J connectivity index is 2.13. The van der Waals surface area contributed by atoms with E-state index >= 15 is 0 Å². The van der Waals surface area contributed by atoms with E-state index in [9.17, 15) is 18.0 Å². The number of carbonyl (C=O) groups excluding carboxylic acids is 1. The predicted octanol–water partition coefficient (Wildman–Crippen LogP) is 4.62. The Morgan fingerprint density at radius 1 is 1.05 bits per heavy atom. The molecule has 21 heavy (non-hydrogen) atoms. The average Bonchev–Trinajstić information content (AvgIpc) is 2.47. The molecule has 110 valence electrons. The summed E-state index contributed by atoms with van der Waals surface area (Å²) in [5.41, 5.74) is -0.203. The summed E-state index contributed by atoms with van der Waals surface area (Å²) in [5, 5.41) is 1.41. The molecule has 0 bridgehead atoms. The Morgan fingerprint density at radius 3 is 2.33 bits per heavy atom. The summed E-state index contributed by atoms with van der Waals surface area (Å²) in [4.78, 5) is 11.9. The number of alkyl halides is 4. The largest absolute Gasteiger partial charge is 0.416 e. The first-order chi connectivity index (χ1) is 9.88. The molecule has 0 aliphatic carbocycles. The second-order valence-corrected chi connectivity index (χ2v) is 4.78. The van der Waals surface area contributed by atoms with E-state index in [-0.39, 0.29) is 5.69 Å². The number of anilines is 1. The van der Waals surface area contributed by atoms with Gasteiger partial charge in [0.05, 0.1) is 5.56 Å². The summed E-state index contributed by atoms with van der Waals surface area (Å²) >= 11 is 6.00. The van der Waals surface area contributed by atoms with Crippen molar-refractivity contribution in [2.24, 2.45) is 0 Å². The molecule has 1 N–H and O–H groups in total. The van der Waals surface area contributed by atoms with Gasteiger partial charge < -0.3 is 5.32 Å². The maximum Gasteiger partial charge on any atom is 0.416 e. The molecule has 2 aromatic carbocycles. The van der Waals surface area contributed by atoms with Gasteiger partial charge in [-0.2, -0.15) is 13.2 Å². The van der Waals surface area contributed by atoms with Gasteiger partial charge in [-0.25, -0.2) is 0 Å². The van der Waals surface area contributed by atoms with Crippen LogP contribution in [-0.2, 0) is 11.0 Å². The number of hydrogen-bond donors (Lipinski definition) is 1. The number of carbonyl (C=O) groups is 1. The van der Waals surface area contributed by atoms with Crippen molar-refractivity contribution in [1.29, 1.82) is 0 Å². The van der Waals surface area contributed by atoms with Crippen LogP contribution in [0.3, 0.4) is 0 Å². The van der Waals surface area contributed by atoms with E-state index in [0.717, 1.165) is 12.1 Å². The number of nitrogens with one attached hydrogen (secondary N) is 1. The molecule has 1 amide bonds.